The van der Waals surface area contributed by atoms with Crippen molar-refractivity contribution in [2.45, 2.75) is 32.1 Å². The summed E-state index contributed by atoms with van der Waals surface area (Å²) >= 11 is 0. The Morgan fingerprint density at radius 3 is 2.00 bits per heavy atom. The van der Waals surface area contributed by atoms with Crippen LogP contribution in [-0.2, 0) is 0 Å². The van der Waals surface area contributed by atoms with Crippen LogP contribution in [0.4, 0.5) is 0 Å². The smallest absolute Gasteiger partial charge is 0.185 e. The standard InChI is InChI=1S/C21H37N7O.ClH/c22-20(23)18-6-8-19(9-7-18)29-17-5-12-28-15-13-27(14-16-28)11-4-2-1-3-10-26-21(24)25;/h6-9H,1-5,10-17H2,(H3,22,23)(H4,24,25,26);1H. The Morgan fingerprint density at radius 1 is 0.867 bits per heavy atom. The van der Waals surface area contributed by atoms with Crippen LogP contribution in [0.3, 0.4) is 0 Å². The summed E-state index contributed by atoms with van der Waals surface area (Å²) in [5, 5.41) is 7.40. The van der Waals surface area contributed by atoms with Crippen molar-refractivity contribution in [3.05, 3.63) is 29.8 Å². The van der Waals surface area contributed by atoms with Crippen molar-refractivity contribution in [2.75, 3.05) is 52.4 Å². The van der Waals surface area contributed by atoms with Crippen LogP contribution >= 0.6 is 12.4 Å². The normalized spacial score (nSPS) is 14.7. The van der Waals surface area contributed by atoms with Crippen molar-refractivity contribution in [1.82, 2.24) is 9.80 Å². The summed E-state index contributed by atoms with van der Waals surface area (Å²) in [6.07, 6.45) is 5.76. The number of nitrogen functional groups attached to an aromatic ring is 1. The highest BCUT2D eigenvalue weighted by molar-refractivity contribution is 5.94. The van der Waals surface area contributed by atoms with Gasteiger partial charge in [0, 0.05) is 44.8 Å². The maximum Gasteiger partial charge on any atom is 0.185 e. The van der Waals surface area contributed by atoms with Crippen LogP contribution in [-0.4, -0.2) is 74.0 Å². The lowest BCUT2D eigenvalue weighted by molar-refractivity contribution is 0.124. The molecule has 0 atom stereocenters. The van der Waals surface area contributed by atoms with Crippen LogP contribution in [0.1, 0.15) is 37.7 Å². The Hall–Kier alpha value is -2.03. The second-order valence-electron chi connectivity index (χ2n) is 7.54. The molecular weight excluding hydrogens is 402 g/mol. The quantitative estimate of drug-likeness (QED) is 0.210. The van der Waals surface area contributed by atoms with E-state index in [4.69, 9.17) is 27.3 Å². The number of nitrogens with two attached hydrogens (primary N) is 3. The lowest BCUT2D eigenvalue weighted by atomic mass is 10.2. The van der Waals surface area contributed by atoms with Crippen molar-refractivity contribution >= 4 is 24.2 Å². The number of rotatable bonds is 13. The molecule has 9 heteroatoms. The SMILES string of the molecule is Cl.N=C(N)c1ccc(OCCCN2CCN(CCCCCCN=C(N)N)CC2)cc1. The largest absolute Gasteiger partial charge is 0.494 e. The van der Waals surface area contributed by atoms with E-state index in [1.54, 1.807) is 0 Å². The minimum atomic E-state index is 0. The van der Waals surface area contributed by atoms with Gasteiger partial charge in [0.05, 0.1) is 6.61 Å². The molecule has 1 heterocycles. The zero-order valence-electron chi connectivity index (χ0n) is 17.9. The van der Waals surface area contributed by atoms with E-state index in [1.807, 2.05) is 24.3 Å². The number of benzene rings is 1. The highest BCUT2D eigenvalue weighted by Crippen LogP contribution is 2.12. The van der Waals surface area contributed by atoms with Gasteiger partial charge in [0.1, 0.15) is 11.6 Å². The second kappa shape index (κ2) is 14.9. The van der Waals surface area contributed by atoms with E-state index in [9.17, 15) is 0 Å². The Bertz CT molecular complexity index is 627. The summed E-state index contributed by atoms with van der Waals surface area (Å²) in [6.45, 7) is 8.30. The molecule has 8 nitrogen and oxygen atoms in total. The van der Waals surface area contributed by atoms with Crippen molar-refractivity contribution < 1.29 is 4.74 Å². The van der Waals surface area contributed by atoms with Gasteiger partial charge in [-0.1, -0.05) is 12.8 Å². The summed E-state index contributed by atoms with van der Waals surface area (Å²) in [5.74, 6) is 1.11. The van der Waals surface area contributed by atoms with E-state index in [2.05, 4.69) is 14.8 Å². The van der Waals surface area contributed by atoms with Gasteiger partial charge in [-0.05, 0) is 50.1 Å². The molecule has 0 unspecified atom stereocenters. The predicted molar refractivity (Wildman–Crippen MR) is 127 cm³/mol. The van der Waals surface area contributed by atoms with Crippen LogP contribution in [0.25, 0.3) is 0 Å². The number of nitrogens with one attached hydrogen (secondary N) is 1. The lowest BCUT2D eigenvalue weighted by Crippen LogP contribution is -2.46. The first kappa shape index (κ1) is 26.0. The number of guanidine groups is 1. The Balaban J connectivity index is 0.00000450. The third-order valence-corrected chi connectivity index (χ3v) is 5.19. The molecule has 0 radical (unpaired) electrons. The number of hydrogen-bond donors (Lipinski definition) is 4. The topological polar surface area (TPSA) is 130 Å². The van der Waals surface area contributed by atoms with E-state index in [0.29, 0.717) is 6.61 Å². The third kappa shape index (κ3) is 10.7. The minimum Gasteiger partial charge on any atom is -0.494 e. The monoisotopic (exact) mass is 439 g/mol. The molecule has 170 valence electrons. The zero-order valence-corrected chi connectivity index (χ0v) is 18.7. The van der Waals surface area contributed by atoms with E-state index < -0.39 is 0 Å². The first-order valence-electron chi connectivity index (χ1n) is 10.6. The number of nitrogens with zero attached hydrogens (tertiary/aromatic N) is 3. The van der Waals surface area contributed by atoms with Crippen molar-refractivity contribution in [1.29, 1.82) is 5.41 Å². The van der Waals surface area contributed by atoms with Crippen molar-refractivity contribution in [3.63, 3.8) is 0 Å². The predicted octanol–water partition coefficient (Wildman–Crippen LogP) is 1.61. The molecule has 1 aromatic carbocycles. The van der Waals surface area contributed by atoms with Gasteiger partial charge in [0.2, 0.25) is 0 Å². The number of ether oxygens (including phenoxy) is 1. The number of aliphatic imine (C=N–C) groups is 1. The van der Waals surface area contributed by atoms with Crippen molar-refractivity contribution in [3.8, 4) is 5.75 Å². The summed E-state index contributed by atoms with van der Waals surface area (Å²) in [6, 6.07) is 7.38. The summed E-state index contributed by atoms with van der Waals surface area (Å²) < 4.78 is 5.79. The molecular formula is C21H38ClN7O. The van der Waals surface area contributed by atoms with Gasteiger partial charge in [-0.15, -0.1) is 12.4 Å². The molecule has 7 N–H and O–H groups in total. The molecule has 2 rings (SSSR count). The molecule has 1 aliphatic rings. The molecule has 0 spiro atoms. The maximum atomic E-state index is 7.40. The van der Waals surface area contributed by atoms with Gasteiger partial charge in [-0.3, -0.25) is 10.4 Å². The van der Waals surface area contributed by atoms with Crippen molar-refractivity contribution in [2.24, 2.45) is 22.2 Å². The highest BCUT2D eigenvalue weighted by Gasteiger charge is 2.15. The summed E-state index contributed by atoms with van der Waals surface area (Å²) in [7, 11) is 0. The van der Waals surface area contributed by atoms with E-state index >= 15 is 0 Å². The average Bonchev–Trinajstić information content (AvgIpc) is 2.71. The van der Waals surface area contributed by atoms with E-state index in [-0.39, 0.29) is 24.2 Å². The lowest BCUT2D eigenvalue weighted by Gasteiger charge is -2.34. The van der Waals surface area contributed by atoms with Crippen LogP contribution in [0.15, 0.2) is 29.3 Å². The van der Waals surface area contributed by atoms with Gasteiger partial charge in [-0.25, -0.2) is 0 Å². The van der Waals surface area contributed by atoms with Gasteiger partial charge in [0.25, 0.3) is 0 Å². The van der Waals surface area contributed by atoms with Gasteiger partial charge in [-0.2, -0.15) is 0 Å². The number of unbranched alkanes of at least 4 members (excludes halogenated alkanes) is 3. The molecule has 0 aliphatic carbocycles. The Kier molecular flexibility index (Phi) is 12.9. The first-order valence-corrected chi connectivity index (χ1v) is 10.6. The summed E-state index contributed by atoms with van der Waals surface area (Å²) in [4.78, 5) is 9.10. The Labute approximate surface area is 186 Å². The van der Waals surface area contributed by atoms with E-state index in [0.717, 1.165) is 63.4 Å². The molecule has 30 heavy (non-hydrogen) atoms. The average molecular weight is 440 g/mol. The fourth-order valence-electron chi connectivity index (χ4n) is 3.45. The zero-order chi connectivity index (χ0) is 20.9. The fraction of sp³-hybridized carbons (Fsp3) is 0.619. The number of amidine groups is 1. The third-order valence-electron chi connectivity index (χ3n) is 5.19. The van der Waals surface area contributed by atoms with Gasteiger partial charge < -0.3 is 31.7 Å². The van der Waals surface area contributed by atoms with Gasteiger partial charge in [0.15, 0.2) is 5.96 Å². The molecule has 1 aliphatic heterocycles. The molecule has 1 aromatic rings. The molecule has 0 aromatic heterocycles. The van der Waals surface area contributed by atoms with Crippen LogP contribution in [0, 0.1) is 5.41 Å². The van der Waals surface area contributed by atoms with Crippen LogP contribution in [0.2, 0.25) is 0 Å². The molecule has 1 fully saturated rings. The van der Waals surface area contributed by atoms with Gasteiger partial charge >= 0.3 is 0 Å². The highest BCUT2D eigenvalue weighted by atomic mass is 35.5. The number of piperazine rings is 1. The first-order chi connectivity index (χ1) is 14.0. The van der Waals surface area contributed by atoms with Crippen LogP contribution < -0.4 is 21.9 Å². The second-order valence-corrected chi connectivity index (χ2v) is 7.54. The fourth-order valence-corrected chi connectivity index (χ4v) is 3.45. The molecule has 1 saturated heterocycles. The molecule has 0 amide bonds. The Morgan fingerprint density at radius 2 is 1.43 bits per heavy atom. The minimum absolute atomic E-state index is 0. The number of hydrogen-bond acceptors (Lipinski definition) is 5. The van der Waals surface area contributed by atoms with E-state index in [1.165, 1.54) is 25.8 Å². The maximum absolute atomic E-state index is 7.40. The molecule has 0 bridgehead atoms. The summed E-state index contributed by atoms with van der Waals surface area (Å²) in [5.41, 5.74) is 16.8. The number of halogens is 1. The van der Waals surface area contributed by atoms with Crippen LogP contribution in [0.5, 0.6) is 5.75 Å². The molecule has 0 saturated carbocycles.